The standard InChI is InChI=1S/C20H31N3O4/c1-20(2,3)22-19(25)27-17-9-12-23(13-10-17)14-11-21-18(24)26-15-16-7-5-4-6-8-16/h4-8,17H,9-15H2,1-3H3,(H,21,24)(H,22,25). The summed E-state index contributed by atoms with van der Waals surface area (Å²) in [4.78, 5) is 25.8. The molecule has 2 N–H and O–H groups in total. The first-order valence-corrected chi connectivity index (χ1v) is 9.47. The van der Waals surface area contributed by atoms with Gasteiger partial charge >= 0.3 is 12.2 Å². The highest BCUT2D eigenvalue weighted by atomic mass is 16.6. The Bertz CT molecular complexity index is 593. The first-order chi connectivity index (χ1) is 12.8. The van der Waals surface area contributed by atoms with E-state index >= 15 is 0 Å². The molecule has 7 heteroatoms. The van der Waals surface area contributed by atoms with Crippen LogP contribution in [0, 0.1) is 0 Å². The average Bonchev–Trinajstić information content (AvgIpc) is 2.61. The molecule has 1 aromatic rings. The summed E-state index contributed by atoms with van der Waals surface area (Å²) in [6.07, 6.45) is 0.790. The Morgan fingerprint density at radius 1 is 1.11 bits per heavy atom. The van der Waals surface area contributed by atoms with E-state index in [4.69, 9.17) is 9.47 Å². The van der Waals surface area contributed by atoms with Crippen LogP contribution in [-0.4, -0.2) is 54.9 Å². The zero-order valence-corrected chi connectivity index (χ0v) is 16.5. The lowest BCUT2D eigenvalue weighted by molar-refractivity contribution is 0.0472. The van der Waals surface area contributed by atoms with Gasteiger partial charge in [-0.2, -0.15) is 0 Å². The number of rotatable bonds is 6. The molecule has 1 aromatic carbocycles. The Morgan fingerprint density at radius 2 is 1.78 bits per heavy atom. The molecular formula is C20H31N3O4. The Kier molecular flexibility index (Phi) is 7.91. The first kappa shape index (κ1) is 21.0. The molecule has 0 atom stereocenters. The summed E-state index contributed by atoms with van der Waals surface area (Å²) in [5.74, 6) is 0. The summed E-state index contributed by atoms with van der Waals surface area (Å²) in [6, 6.07) is 9.59. The highest BCUT2D eigenvalue weighted by Crippen LogP contribution is 2.14. The Hall–Kier alpha value is -2.28. The van der Waals surface area contributed by atoms with E-state index in [1.54, 1.807) is 0 Å². The third kappa shape index (κ3) is 8.77. The van der Waals surface area contributed by atoms with Crippen molar-refractivity contribution in [3.05, 3.63) is 35.9 Å². The number of carbonyl (C=O) groups excluding carboxylic acids is 2. The van der Waals surface area contributed by atoms with Crippen LogP contribution in [-0.2, 0) is 16.1 Å². The number of nitrogens with zero attached hydrogens (tertiary/aromatic N) is 1. The molecule has 1 aliphatic heterocycles. The maximum atomic E-state index is 11.8. The van der Waals surface area contributed by atoms with Crippen molar-refractivity contribution < 1.29 is 19.1 Å². The van der Waals surface area contributed by atoms with E-state index in [2.05, 4.69) is 15.5 Å². The normalized spacial score (nSPS) is 15.8. The van der Waals surface area contributed by atoms with E-state index in [9.17, 15) is 9.59 Å². The van der Waals surface area contributed by atoms with Crippen molar-refractivity contribution in [1.82, 2.24) is 15.5 Å². The fourth-order valence-corrected chi connectivity index (χ4v) is 2.83. The molecule has 2 amide bonds. The van der Waals surface area contributed by atoms with E-state index < -0.39 is 6.09 Å². The van der Waals surface area contributed by atoms with Crippen molar-refractivity contribution in [2.45, 2.75) is 51.9 Å². The lowest BCUT2D eigenvalue weighted by Gasteiger charge is -2.32. The Labute approximate surface area is 161 Å². The molecule has 1 heterocycles. The maximum absolute atomic E-state index is 11.8. The van der Waals surface area contributed by atoms with Gasteiger partial charge in [0, 0.05) is 31.7 Å². The molecule has 0 radical (unpaired) electrons. The quantitative estimate of drug-likeness (QED) is 0.797. The predicted octanol–water partition coefficient (Wildman–Crippen LogP) is 2.90. The molecule has 27 heavy (non-hydrogen) atoms. The lowest BCUT2D eigenvalue weighted by atomic mass is 10.1. The summed E-state index contributed by atoms with van der Waals surface area (Å²) < 4.78 is 10.7. The Balaban J connectivity index is 1.55. The second-order valence-electron chi connectivity index (χ2n) is 7.81. The van der Waals surface area contributed by atoms with Gasteiger partial charge in [-0.3, -0.25) is 0 Å². The highest BCUT2D eigenvalue weighted by Gasteiger charge is 2.23. The summed E-state index contributed by atoms with van der Waals surface area (Å²) >= 11 is 0. The van der Waals surface area contributed by atoms with E-state index in [0.29, 0.717) is 6.54 Å². The van der Waals surface area contributed by atoms with E-state index in [1.165, 1.54) is 0 Å². The van der Waals surface area contributed by atoms with Gasteiger partial charge in [0.15, 0.2) is 0 Å². The second-order valence-corrected chi connectivity index (χ2v) is 7.81. The van der Waals surface area contributed by atoms with Crippen molar-refractivity contribution in [3.63, 3.8) is 0 Å². The van der Waals surface area contributed by atoms with Crippen LogP contribution in [0.3, 0.4) is 0 Å². The number of benzene rings is 1. The number of amides is 2. The number of nitrogens with one attached hydrogen (secondary N) is 2. The van der Waals surface area contributed by atoms with Crippen molar-refractivity contribution >= 4 is 12.2 Å². The molecule has 150 valence electrons. The maximum Gasteiger partial charge on any atom is 0.407 e. The monoisotopic (exact) mass is 377 g/mol. The van der Waals surface area contributed by atoms with Crippen LogP contribution in [0.5, 0.6) is 0 Å². The van der Waals surface area contributed by atoms with Crippen LogP contribution in [0.15, 0.2) is 30.3 Å². The fraction of sp³-hybridized carbons (Fsp3) is 0.600. The molecule has 0 spiro atoms. The van der Waals surface area contributed by atoms with Gasteiger partial charge in [0.1, 0.15) is 12.7 Å². The third-order valence-electron chi connectivity index (χ3n) is 4.20. The van der Waals surface area contributed by atoms with Crippen LogP contribution in [0.25, 0.3) is 0 Å². The lowest BCUT2D eigenvalue weighted by Crippen LogP contribution is -2.45. The number of piperidine rings is 1. The van der Waals surface area contributed by atoms with E-state index in [0.717, 1.165) is 38.0 Å². The second kappa shape index (κ2) is 10.2. The topological polar surface area (TPSA) is 79.9 Å². The minimum atomic E-state index is -0.407. The highest BCUT2D eigenvalue weighted by molar-refractivity contribution is 5.68. The van der Waals surface area contributed by atoms with Gasteiger partial charge in [0.25, 0.3) is 0 Å². The number of hydrogen-bond acceptors (Lipinski definition) is 5. The van der Waals surface area contributed by atoms with Gasteiger partial charge in [-0.25, -0.2) is 9.59 Å². The zero-order valence-electron chi connectivity index (χ0n) is 16.5. The molecule has 0 aliphatic carbocycles. The van der Waals surface area contributed by atoms with Gasteiger partial charge in [-0.05, 0) is 39.2 Å². The van der Waals surface area contributed by atoms with Gasteiger partial charge in [0.2, 0.25) is 0 Å². The van der Waals surface area contributed by atoms with Crippen LogP contribution in [0.4, 0.5) is 9.59 Å². The molecule has 1 aliphatic rings. The predicted molar refractivity (Wildman–Crippen MR) is 103 cm³/mol. The minimum Gasteiger partial charge on any atom is -0.446 e. The SMILES string of the molecule is CC(C)(C)NC(=O)OC1CCN(CCNC(=O)OCc2ccccc2)CC1. The van der Waals surface area contributed by atoms with Gasteiger partial charge in [-0.15, -0.1) is 0 Å². The number of likely N-dealkylation sites (tertiary alicyclic amines) is 1. The van der Waals surface area contributed by atoms with Crippen molar-refractivity contribution in [1.29, 1.82) is 0 Å². The van der Waals surface area contributed by atoms with Crippen LogP contribution < -0.4 is 10.6 Å². The van der Waals surface area contributed by atoms with Crippen LogP contribution >= 0.6 is 0 Å². The summed E-state index contributed by atoms with van der Waals surface area (Å²) in [6.45, 7) is 9.01. The van der Waals surface area contributed by atoms with Crippen molar-refractivity contribution in [3.8, 4) is 0 Å². The largest absolute Gasteiger partial charge is 0.446 e. The fourth-order valence-electron chi connectivity index (χ4n) is 2.83. The number of hydrogen-bond donors (Lipinski definition) is 2. The summed E-state index contributed by atoms with van der Waals surface area (Å²) in [7, 11) is 0. The third-order valence-corrected chi connectivity index (χ3v) is 4.20. The molecule has 0 saturated carbocycles. The molecule has 0 aromatic heterocycles. The van der Waals surface area contributed by atoms with E-state index in [1.807, 2.05) is 51.1 Å². The summed E-state index contributed by atoms with van der Waals surface area (Å²) in [5, 5.41) is 5.58. The van der Waals surface area contributed by atoms with Crippen molar-refractivity contribution in [2.24, 2.45) is 0 Å². The van der Waals surface area contributed by atoms with Gasteiger partial charge < -0.3 is 25.0 Å². The minimum absolute atomic E-state index is 0.0487. The molecular weight excluding hydrogens is 346 g/mol. The molecule has 7 nitrogen and oxygen atoms in total. The molecule has 1 fully saturated rings. The van der Waals surface area contributed by atoms with Gasteiger partial charge in [0.05, 0.1) is 0 Å². The van der Waals surface area contributed by atoms with Gasteiger partial charge in [-0.1, -0.05) is 30.3 Å². The number of alkyl carbamates (subject to hydrolysis) is 2. The van der Waals surface area contributed by atoms with Crippen LogP contribution in [0.2, 0.25) is 0 Å². The Morgan fingerprint density at radius 3 is 2.41 bits per heavy atom. The smallest absolute Gasteiger partial charge is 0.407 e. The average molecular weight is 377 g/mol. The van der Waals surface area contributed by atoms with Crippen LogP contribution in [0.1, 0.15) is 39.2 Å². The number of carbonyl (C=O) groups is 2. The molecule has 0 bridgehead atoms. The number of ether oxygens (including phenoxy) is 2. The molecule has 1 saturated heterocycles. The molecule has 2 rings (SSSR count). The van der Waals surface area contributed by atoms with E-state index in [-0.39, 0.29) is 24.3 Å². The molecule has 0 unspecified atom stereocenters. The summed E-state index contributed by atoms with van der Waals surface area (Å²) in [5.41, 5.74) is 0.670. The van der Waals surface area contributed by atoms with Crippen molar-refractivity contribution in [2.75, 3.05) is 26.2 Å². The first-order valence-electron chi connectivity index (χ1n) is 9.47. The zero-order chi connectivity index (χ0) is 19.7.